The molecule has 1 fully saturated rings. The molecule has 0 atom stereocenters. The van der Waals surface area contributed by atoms with Gasteiger partial charge >= 0.3 is 0 Å². The molecule has 0 radical (unpaired) electrons. The van der Waals surface area contributed by atoms with Crippen molar-refractivity contribution >= 4 is 5.91 Å². The minimum Gasteiger partial charge on any atom is -0.497 e. The topological polar surface area (TPSA) is 65.4 Å². The molecule has 1 aliphatic rings. The first-order valence-corrected chi connectivity index (χ1v) is 8.40. The van der Waals surface area contributed by atoms with Crippen molar-refractivity contribution in [2.24, 2.45) is 5.92 Å². The third-order valence-corrected chi connectivity index (χ3v) is 4.39. The van der Waals surface area contributed by atoms with Crippen LogP contribution >= 0.6 is 0 Å². The number of nitriles is 1. The van der Waals surface area contributed by atoms with E-state index < -0.39 is 0 Å². The maximum absolute atomic E-state index is 12.4. The summed E-state index contributed by atoms with van der Waals surface area (Å²) in [7, 11) is 1.64. The van der Waals surface area contributed by atoms with Gasteiger partial charge in [-0.3, -0.25) is 4.79 Å². The van der Waals surface area contributed by atoms with Gasteiger partial charge in [-0.25, -0.2) is 0 Å². The van der Waals surface area contributed by atoms with Crippen LogP contribution in [0.4, 0.5) is 0 Å². The summed E-state index contributed by atoms with van der Waals surface area (Å²) in [6.07, 6.45) is 4.38. The van der Waals surface area contributed by atoms with Gasteiger partial charge in [-0.2, -0.15) is 5.26 Å². The van der Waals surface area contributed by atoms with Crippen molar-refractivity contribution < 1.29 is 9.53 Å². The van der Waals surface area contributed by atoms with Gasteiger partial charge < -0.3 is 15.0 Å². The summed E-state index contributed by atoms with van der Waals surface area (Å²) in [5.41, 5.74) is 1.35. The average molecular weight is 327 g/mol. The van der Waals surface area contributed by atoms with Crippen LogP contribution in [0.5, 0.6) is 5.75 Å². The molecule has 1 N–H and O–H groups in total. The summed E-state index contributed by atoms with van der Waals surface area (Å²) < 4.78 is 5.13. The fourth-order valence-electron chi connectivity index (χ4n) is 2.71. The molecule has 0 aromatic heterocycles. The number of carbonyl (C=O) groups excluding carboxylic acids is 1. The number of rotatable bonds is 6. The van der Waals surface area contributed by atoms with Crippen LogP contribution < -0.4 is 10.1 Å². The van der Waals surface area contributed by atoms with Crippen molar-refractivity contribution in [2.75, 3.05) is 26.7 Å². The molecule has 1 amide bonds. The van der Waals surface area contributed by atoms with Crippen molar-refractivity contribution in [3.05, 3.63) is 41.6 Å². The number of ether oxygens (including phenoxy) is 1. The first kappa shape index (κ1) is 17.9. The molecule has 1 heterocycles. The van der Waals surface area contributed by atoms with Gasteiger partial charge in [-0.1, -0.05) is 19.1 Å². The van der Waals surface area contributed by atoms with Gasteiger partial charge in [0.25, 0.3) is 5.91 Å². The van der Waals surface area contributed by atoms with E-state index in [-0.39, 0.29) is 11.5 Å². The minimum atomic E-state index is -0.165. The van der Waals surface area contributed by atoms with Gasteiger partial charge in [0.05, 0.1) is 7.11 Å². The second kappa shape index (κ2) is 8.97. The van der Waals surface area contributed by atoms with E-state index in [2.05, 4.69) is 12.2 Å². The molecule has 0 bridgehead atoms. The summed E-state index contributed by atoms with van der Waals surface area (Å²) >= 11 is 0. The van der Waals surface area contributed by atoms with E-state index in [9.17, 15) is 10.1 Å². The van der Waals surface area contributed by atoms with Crippen LogP contribution in [0.15, 0.2) is 36.0 Å². The van der Waals surface area contributed by atoms with E-state index in [1.54, 1.807) is 18.2 Å². The summed E-state index contributed by atoms with van der Waals surface area (Å²) in [4.78, 5) is 14.1. The molecular weight excluding hydrogens is 302 g/mol. The van der Waals surface area contributed by atoms with Crippen LogP contribution in [0, 0.1) is 17.2 Å². The number of amides is 1. The molecule has 1 aliphatic heterocycles. The smallest absolute Gasteiger partial charge is 0.265 e. The molecule has 2 rings (SSSR count). The summed E-state index contributed by atoms with van der Waals surface area (Å²) in [5, 5.41) is 12.3. The first-order valence-electron chi connectivity index (χ1n) is 8.40. The molecule has 5 heteroatoms. The van der Waals surface area contributed by atoms with Crippen molar-refractivity contribution in [3.8, 4) is 11.8 Å². The first-order chi connectivity index (χ1) is 11.6. The second-order valence-electron chi connectivity index (χ2n) is 6.20. The Balaban J connectivity index is 1.82. The Labute approximate surface area is 143 Å². The summed E-state index contributed by atoms with van der Waals surface area (Å²) in [6, 6.07) is 9.88. The Hall–Kier alpha value is -2.48. The molecule has 1 aromatic rings. The molecule has 0 saturated carbocycles. The zero-order chi connectivity index (χ0) is 17.4. The number of benzene rings is 1. The van der Waals surface area contributed by atoms with Gasteiger partial charge in [0, 0.05) is 25.8 Å². The van der Waals surface area contributed by atoms with Crippen LogP contribution in [0.1, 0.15) is 25.3 Å². The van der Waals surface area contributed by atoms with Crippen molar-refractivity contribution in [3.63, 3.8) is 0 Å². The Bertz CT molecular complexity index is 608. The van der Waals surface area contributed by atoms with Gasteiger partial charge in [-0.15, -0.1) is 0 Å². The fourth-order valence-corrected chi connectivity index (χ4v) is 2.71. The van der Waals surface area contributed by atoms with Crippen LogP contribution in [0.25, 0.3) is 0 Å². The van der Waals surface area contributed by atoms with Crippen LogP contribution in [0.3, 0.4) is 0 Å². The second-order valence-corrected chi connectivity index (χ2v) is 6.20. The number of nitrogens with one attached hydrogen (secondary N) is 1. The SMILES string of the molecule is COc1ccc(CCN/C=C(/C#N)C(=O)N2CCC(C)CC2)cc1. The maximum Gasteiger partial charge on any atom is 0.265 e. The highest BCUT2D eigenvalue weighted by Gasteiger charge is 2.22. The van der Waals surface area contributed by atoms with Gasteiger partial charge in [0.15, 0.2) is 0 Å². The molecule has 0 unspecified atom stereocenters. The summed E-state index contributed by atoms with van der Waals surface area (Å²) in [5.74, 6) is 1.33. The molecule has 128 valence electrons. The number of carbonyl (C=O) groups is 1. The van der Waals surface area contributed by atoms with Gasteiger partial charge in [0.1, 0.15) is 17.4 Å². The van der Waals surface area contributed by atoms with Gasteiger partial charge in [0.2, 0.25) is 0 Å². The number of methoxy groups -OCH3 is 1. The standard InChI is InChI=1S/C19H25N3O2/c1-15-8-11-22(12-9-15)19(23)17(13-20)14-21-10-7-16-3-5-18(24-2)6-4-16/h3-6,14-15,21H,7-12H2,1-2H3/b17-14-. The number of piperidine rings is 1. The number of nitrogens with zero attached hydrogens (tertiary/aromatic N) is 2. The largest absolute Gasteiger partial charge is 0.497 e. The molecule has 0 spiro atoms. The molecule has 5 nitrogen and oxygen atoms in total. The van der Waals surface area contributed by atoms with Crippen molar-refractivity contribution in [1.29, 1.82) is 5.26 Å². The Morgan fingerprint density at radius 1 is 1.38 bits per heavy atom. The zero-order valence-corrected chi connectivity index (χ0v) is 14.4. The van der Waals surface area contributed by atoms with E-state index in [0.717, 1.165) is 38.1 Å². The monoisotopic (exact) mass is 327 g/mol. The molecule has 1 aromatic carbocycles. The highest BCUT2D eigenvalue weighted by atomic mass is 16.5. The van der Waals surface area contributed by atoms with E-state index in [1.807, 2.05) is 30.3 Å². The number of likely N-dealkylation sites (tertiary alicyclic amines) is 1. The molecular formula is C19H25N3O2. The van der Waals surface area contributed by atoms with Crippen LogP contribution in [-0.4, -0.2) is 37.6 Å². The Kier molecular flexibility index (Phi) is 6.68. The highest BCUT2D eigenvalue weighted by molar-refractivity contribution is 5.97. The normalized spacial score (nSPS) is 15.7. The quantitative estimate of drug-likeness (QED) is 0.495. The highest BCUT2D eigenvalue weighted by Crippen LogP contribution is 2.17. The third-order valence-electron chi connectivity index (χ3n) is 4.39. The fraction of sp³-hybridized carbons (Fsp3) is 0.474. The summed E-state index contributed by atoms with van der Waals surface area (Å²) in [6.45, 7) is 4.35. The maximum atomic E-state index is 12.4. The van der Waals surface area contributed by atoms with E-state index in [1.165, 1.54) is 5.56 Å². The number of hydrogen-bond donors (Lipinski definition) is 1. The van der Waals surface area contributed by atoms with E-state index in [0.29, 0.717) is 12.5 Å². The van der Waals surface area contributed by atoms with Gasteiger partial charge in [-0.05, 0) is 42.9 Å². The molecule has 1 saturated heterocycles. The predicted octanol–water partition coefficient (Wildman–Crippen LogP) is 2.49. The zero-order valence-electron chi connectivity index (χ0n) is 14.4. The van der Waals surface area contributed by atoms with Crippen molar-refractivity contribution in [2.45, 2.75) is 26.2 Å². The lowest BCUT2D eigenvalue weighted by molar-refractivity contribution is -0.128. The molecule has 24 heavy (non-hydrogen) atoms. The van der Waals surface area contributed by atoms with Crippen molar-refractivity contribution in [1.82, 2.24) is 10.2 Å². The van der Waals surface area contributed by atoms with Crippen LogP contribution in [0.2, 0.25) is 0 Å². The molecule has 0 aliphatic carbocycles. The third kappa shape index (κ3) is 5.02. The number of hydrogen-bond acceptors (Lipinski definition) is 4. The average Bonchev–Trinajstić information content (AvgIpc) is 2.62. The lowest BCUT2D eigenvalue weighted by Gasteiger charge is -2.30. The lowest BCUT2D eigenvalue weighted by atomic mass is 9.99. The van der Waals surface area contributed by atoms with E-state index >= 15 is 0 Å². The Morgan fingerprint density at radius 3 is 2.62 bits per heavy atom. The lowest BCUT2D eigenvalue weighted by Crippen LogP contribution is -2.38. The van der Waals surface area contributed by atoms with Crippen LogP contribution in [-0.2, 0) is 11.2 Å². The Morgan fingerprint density at radius 2 is 2.04 bits per heavy atom. The predicted molar refractivity (Wildman–Crippen MR) is 93.4 cm³/mol. The van der Waals surface area contributed by atoms with E-state index in [4.69, 9.17) is 4.74 Å². The minimum absolute atomic E-state index is 0.165.